The molecule has 2 aliphatic heterocycles. The molecule has 1 unspecified atom stereocenters. The number of urea groups is 1. The summed E-state index contributed by atoms with van der Waals surface area (Å²) in [6, 6.07) is 9.50. The van der Waals surface area contributed by atoms with Crippen molar-refractivity contribution in [3.63, 3.8) is 0 Å². The number of halogens is 2. The van der Waals surface area contributed by atoms with Crippen molar-refractivity contribution in [1.29, 1.82) is 0 Å². The maximum atomic E-state index is 12.9. The molecule has 2 saturated heterocycles. The Morgan fingerprint density at radius 1 is 1.06 bits per heavy atom. The third-order valence-electron chi connectivity index (χ3n) is 6.33. The Kier molecular flexibility index (Phi) is 9.03. The summed E-state index contributed by atoms with van der Waals surface area (Å²) < 4.78 is 0. The fourth-order valence-corrected chi connectivity index (χ4v) is 5.61. The molecular weight excluding hydrogens is 521 g/mol. The molecule has 0 bridgehead atoms. The zero-order valence-corrected chi connectivity index (χ0v) is 22.8. The Labute approximate surface area is 226 Å². The molecule has 3 heterocycles. The summed E-state index contributed by atoms with van der Waals surface area (Å²) in [6.07, 6.45) is 0. The number of aromatic nitrogens is 2. The largest absolute Gasteiger partial charge is 0.368 e. The number of thioether (sulfide) groups is 1. The van der Waals surface area contributed by atoms with Crippen LogP contribution in [0.1, 0.15) is 13.8 Å². The molecule has 0 spiro atoms. The fourth-order valence-electron chi connectivity index (χ4n) is 4.44. The lowest BCUT2D eigenvalue weighted by Gasteiger charge is -2.40. The van der Waals surface area contributed by atoms with Crippen LogP contribution in [0, 0.1) is 0 Å². The number of nitrogens with zero attached hydrogens (tertiary/aromatic N) is 6. The third-order valence-corrected chi connectivity index (χ3v) is 7.59. The van der Waals surface area contributed by atoms with Gasteiger partial charge >= 0.3 is 6.03 Å². The number of nitrogens with one attached hydrogen (secondary N) is 1. The lowest BCUT2D eigenvalue weighted by molar-refractivity contribution is -0.128. The molecule has 2 aromatic rings. The highest BCUT2D eigenvalue weighted by Gasteiger charge is 2.28. The average Bonchev–Trinajstić information content (AvgIpc) is 2.87. The first kappa shape index (κ1) is 26.6. The van der Waals surface area contributed by atoms with Crippen molar-refractivity contribution in [3.05, 3.63) is 40.5 Å². The lowest BCUT2D eigenvalue weighted by Crippen LogP contribution is -2.56. The van der Waals surface area contributed by atoms with E-state index in [1.54, 1.807) is 6.07 Å². The number of amides is 3. The SMILES string of the molecule is CCNC(=O)N1CCN(c2cc(Cl)nc(SCC(=O)N3CCN(c4cccc(Cl)c4)CC3)n2)CC1C. The van der Waals surface area contributed by atoms with Gasteiger partial charge in [0.2, 0.25) is 5.91 Å². The van der Waals surface area contributed by atoms with Crippen LogP contribution in [0.15, 0.2) is 35.5 Å². The van der Waals surface area contributed by atoms with E-state index in [4.69, 9.17) is 23.2 Å². The van der Waals surface area contributed by atoms with Crippen LogP contribution in [0.25, 0.3) is 0 Å². The van der Waals surface area contributed by atoms with Crippen molar-refractivity contribution >= 4 is 58.4 Å². The molecule has 1 aromatic heterocycles. The molecule has 1 aromatic carbocycles. The summed E-state index contributed by atoms with van der Waals surface area (Å²) >= 11 is 13.7. The van der Waals surface area contributed by atoms with Crippen LogP contribution in [-0.2, 0) is 4.79 Å². The van der Waals surface area contributed by atoms with Gasteiger partial charge in [0, 0.05) is 75.2 Å². The number of anilines is 2. The van der Waals surface area contributed by atoms with Crippen molar-refractivity contribution in [2.45, 2.75) is 25.0 Å². The Morgan fingerprint density at radius 3 is 2.50 bits per heavy atom. The predicted molar refractivity (Wildman–Crippen MR) is 145 cm³/mol. The number of benzene rings is 1. The van der Waals surface area contributed by atoms with E-state index in [0.29, 0.717) is 60.4 Å². The zero-order chi connectivity index (χ0) is 25.7. The number of rotatable bonds is 6. The van der Waals surface area contributed by atoms with Crippen LogP contribution in [0.5, 0.6) is 0 Å². The molecule has 194 valence electrons. The average molecular weight is 553 g/mol. The van der Waals surface area contributed by atoms with E-state index in [1.807, 2.05) is 47.9 Å². The van der Waals surface area contributed by atoms with Gasteiger partial charge in [-0.3, -0.25) is 4.79 Å². The van der Waals surface area contributed by atoms with Crippen LogP contribution >= 0.6 is 35.0 Å². The lowest BCUT2D eigenvalue weighted by atomic mass is 10.2. The van der Waals surface area contributed by atoms with Crippen LogP contribution < -0.4 is 15.1 Å². The Bertz CT molecular complexity index is 1080. The summed E-state index contributed by atoms with van der Waals surface area (Å²) in [5.41, 5.74) is 1.07. The van der Waals surface area contributed by atoms with Gasteiger partial charge in [-0.2, -0.15) is 0 Å². The highest BCUT2D eigenvalue weighted by Crippen LogP contribution is 2.25. The molecule has 3 amide bonds. The first-order valence-corrected chi connectivity index (χ1v) is 13.8. The molecule has 0 aliphatic carbocycles. The van der Waals surface area contributed by atoms with Crippen molar-refractivity contribution in [2.24, 2.45) is 0 Å². The third kappa shape index (κ3) is 6.66. The van der Waals surface area contributed by atoms with Crippen molar-refractivity contribution < 1.29 is 9.59 Å². The molecule has 2 fully saturated rings. The van der Waals surface area contributed by atoms with Gasteiger partial charge < -0.3 is 24.9 Å². The van der Waals surface area contributed by atoms with E-state index in [1.165, 1.54) is 11.8 Å². The predicted octanol–water partition coefficient (Wildman–Crippen LogP) is 3.46. The molecule has 1 N–H and O–H groups in total. The van der Waals surface area contributed by atoms with Crippen molar-refractivity contribution in [3.8, 4) is 0 Å². The van der Waals surface area contributed by atoms with Crippen LogP contribution in [-0.4, -0.2) is 95.9 Å². The smallest absolute Gasteiger partial charge is 0.317 e. The molecule has 0 radical (unpaired) electrons. The maximum absolute atomic E-state index is 12.9. The molecule has 0 saturated carbocycles. The van der Waals surface area contributed by atoms with Gasteiger partial charge in [-0.1, -0.05) is 41.0 Å². The molecule has 1 atom stereocenters. The number of hydrogen-bond acceptors (Lipinski definition) is 7. The van der Waals surface area contributed by atoms with E-state index in [9.17, 15) is 9.59 Å². The van der Waals surface area contributed by atoms with Gasteiger partial charge in [0.05, 0.1) is 5.75 Å². The van der Waals surface area contributed by atoms with E-state index in [2.05, 4.69) is 25.1 Å². The number of piperazine rings is 2. The van der Waals surface area contributed by atoms with Gasteiger partial charge in [0.1, 0.15) is 11.0 Å². The number of hydrogen-bond donors (Lipinski definition) is 1. The minimum atomic E-state index is -0.0477. The minimum absolute atomic E-state index is 0.0299. The molecule has 9 nitrogen and oxygen atoms in total. The second-order valence-electron chi connectivity index (χ2n) is 8.79. The van der Waals surface area contributed by atoms with Gasteiger partial charge in [-0.15, -0.1) is 0 Å². The molecule has 2 aliphatic rings. The van der Waals surface area contributed by atoms with Crippen LogP contribution in [0.3, 0.4) is 0 Å². The second-order valence-corrected chi connectivity index (χ2v) is 10.6. The van der Waals surface area contributed by atoms with Crippen molar-refractivity contribution in [2.75, 3.05) is 67.9 Å². The van der Waals surface area contributed by atoms with E-state index < -0.39 is 0 Å². The van der Waals surface area contributed by atoms with E-state index in [0.717, 1.165) is 18.8 Å². The Hall–Kier alpha value is -2.43. The quantitative estimate of drug-likeness (QED) is 0.334. The Balaban J connectivity index is 1.30. The molecule has 4 rings (SSSR count). The summed E-state index contributed by atoms with van der Waals surface area (Å²) in [4.78, 5) is 42.1. The highest BCUT2D eigenvalue weighted by atomic mass is 35.5. The standard InChI is InChI=1S/C24H31Cl2N7O2S/c1-3-27-24(35)33-12-11-32(15-17(33)2)21-14-20(26)28-23(29-21)36-16-22(34)31-9-7-30(8-10-31)19-6-4-5-18(25)13-19/h4-6,13-14,17H,3,7-12,15-16H2,1-2H3,(H,27,35). The fraction of sp³-hybridized carbons (Fsp3) is 0.500. The van der Waals surface area contributed by atoms with Gasteiger partial charge in [0.15, 0.2) is 5.16 Å². The van der Waals surface area contributed by atoms with E-state index in [-0.39, 0.29) is 23.7 Å². The first-order chi connectivity index (χ1) is 17.3. The maximum Gasteiger partial charge on any atom is 0.317 e. The van der Waals surface area contributed by atoms with Gasteiger partial charge in [0.25, 0.3) is 0 Å². The zero-order valence-electron chi connectivity index (χ0n) is 20.5. The summed E-state index contributed by atoms with van der Waals surface area (Å²) in [6.45, 7) is 9.24. The van der Waals surface area contributed by atoms with Crippen LogP contribution in [0.4, 0.5) is 16.3 Å². The second kappa shape index (κ2) is 12.2. The van der Waals surface area contributed by atoms with Gasteiger partial charge in [-0.05, 0) is 32.0 Å². The molecular formula is C24H31Cl2N7O2S. The molecule has 36 heavy (non-hydrogen) atoms. The van der Waals surface area contributed by atoms with Gasteiger partial charge in [-0.25, -0.2) is 14.8 Å². The number of carbonyl (C=O) groups is 2. The van der Waals surface area contributed by atoms with Crippen molar-refractivity contribution in [1.82, 2.24) is 25.1 Å². The monoisotopic (exact) mass is 551 g/mol. The topological polar surface area (TPSA) is 84.9 Å². The minimum Gasteiger partial charge on any atom is -0.368 e. The highest BCUT2D eigenvalue weighted by molar-refractivity contribution is 7.99. The Morgan fingerprint density at radius 2 is 1.81 bits per heavy atom. The normalized spacial score (nSPS) is 18.4. The molecule has 12 heteroatoms. The van der Waals surface area contributed by atoms with Crippen LogP contribution in [0.2, 0.25) is 10.2 Å². The number of carbonyl (C=O) groups excluding carboxylic acids is 2. The van der Waals surface area contributed by atoms with E-state index >= 15 is 0 Å². The summed E-state index contributed by atoms with van der Waals surface area (Å²) in [5, 5.41) is 4.38. The summed E-state index contributed by atoms with van der Waals surface area (Å²) in [5.74, 6) is 1.01. The summed E-state index contributed by atoms with van der Waals surface area (Å²) in [7, 11) is 0. The first-order valence-electron chi connectivity index (χ1n) is 12.1.